The van der Waals surface area contributed by atoms with Gasteiger partial charge in [0.1, 0.15) is 17.6 Å². The van der Waals surface area contributed by atoms with Gasteiger partial charge in [0.25, 0.3) is 11.7 Å². The first kappa shape index (κ1) is 22.8. The van der Waals surface area contributed by atoms with E-state index in [4.69, 9.17) is 27.9 Å². The summed E-state index contributed by atoms with van der Waals surface area (Å²) in [7, 11) is 0. The number of hydrogen-bond donors (Lipinski definition) is 1. The molecule has 0 aliphatic carbocycles. The van der Waals surface area contributed by atoms with E-state index in [0.717, 1.165) is 5.56 Å². The molecule has 3 aromatic rings. The Balaban J connectivity index is 1.98. The van der Waals surface area contributed by atoms with Crippen molar-refractivity contribution in [3.8, 4) is 5.75 Å². The Kier molecular flexibility index (Phi) is 6.40. The standard InChI is InChI=1S/C25H20Cl2N2O4/c1-3-33-16-9-10-18(27)17(13-16)23(30)21-22(19-6-4-5-11-28-19)29(25(32)24(21)31)20-12-15(26)8-7-14(20)2/h4-13,22,30H,3H2,1-2H3/b23-21+. The van der Waals surface area contributed by atoms with Gasteiger partial charge in [-0.15, -0.1) is 0 Å². The van der Waals surface area contributed by atoms with Crippen molar-refractivity contribution >= 4 is 46.3 Å². The zero-order chi connectivity index (χ0) is 23.7. The van der Waals surface area contributed by atoms with Crippen LogP contribution in [-0.2, 0) is 9.59 Å². The second-order valence-corrected chi connectivity index (χ2v) is 8.27. The minimum atomic E-state index is -0.977. The topological polar surface area (TPSA) is 79.7 Å². The fourth-order valence-corrected chi connectivity index (χ4v) is 4.20. The average Bonchev–Trinajstić information content (AvgIpc) is 3.07. The van der Waals surface area contributed by atoms with Crippen LogP contribution in [0.2, 0.25) is 10.0 Å². The SMILES string of the molecule is CCOc1ccc(Cl)c(/C(O)=C2\C(=O)C(=O)N(c3cc(Cl)ccc3C)C2c2ccccn2)c1. The average molecular weight is 483 g/mol. The highest BCUT2D eigenvalue weighted by Crippen LogP contribution is 2.44. The summed E-state index contributed by atoms with van der Waals surface area (Å²) in [5.41, 5.74) is 1.67. The number of aryl methyl sites for hydroxylation is 1. The first-order chi connectivity index (χ1) is 15.8. The summed E-state index contributed by atoms with van der Waals surface area (Å²) < 4.78 is 5.51. The molecule has 8 heteroatoms. The van der Waals surface area contributed by atoms with Crippen LogP contribution < -0.4 is 9.64 Å². The maximum atomic E-state index is 13.3. The molecule has 1 unspecified atom stereocenters. The maximum Gasteiger partial charge on any atom is 0.300 e. The second kappa shape index (κ2) is 9.25. The molecular formula is C25H20Cl2N2O4. The van der Waals surface area contributed by atoms with Gasteiger partial charge >= 0.3 is 0 Å². The van der Waals surface area contributed by atoms with Crippen molar-refractivity contribution in [1.29, 1.82) is 0 Å². The summed E-state index contributed by atoms with van der Waals surface area (Å²) in [6, 6.07) is 14.0. The summed E-state index contributed by atoms with van der Waals surface area (Å²) in [5, 5.41) is 11.9. The lowest BCUT2D eigenvalue weighted by Gasteiger charge is -2.26. The summed E-state index contributed by atoms with van der Waals surface area (Å²) >= 11 is 12.6. The number of carbonyl (C=O) groups excluding carboxylic acids is 2. The summed E-state index contributed by atoms with van der Waals surface area (Å²) in [6.07, 6.45) is 1.56. The highest BCUT2D eigenvalue weighted by Gasteiger charge is 2.48. The molecule has 4 rings (SSSR count). The molecule has 0 bridgehead atoms. The van der Waals surface area contributed by atoms with Crippen LogP contribution in [-0.4, -0.2) is 28.4 Å². The molecule has 1 fully saturated rings. The normalized spacial score (nSPS) is 17.5. The van der Waals surface area contributed by atoms with Crippen molar-refractivity contribution in [1.82, 2.24) is 4.98 Å². The number of ether oxygens (including phenoxy) is 1. The molecule has 1 aromatic heterocycles. The van der Waals surface area contributed by atoms with Gasteiger partial charge in [-0.3, -0.25) is 19.5 Å². The van der Waals surface area contributed by atoms with Gasteiger partial charge < -0.3 is 9.84 Å². The zero-order valence-corrected chi connectivity index (χ0v) is 19.4. The minimum absolute atomic E-state index is 0.117. The van der Waals surface area contributed by atoms with E-state index in [9.17, 15) is 14.7 Å². The van der Waals surface area contributed by atoms with Crippen LogP contribution in [0.3, 0.4) is 0 Å². The highest BCUT2D eigenvalue weighted by molar-refractivity contribution is 6.52. The molecule has 1 aliphatic rings. The molecule has 1 atom stereocenters. The quantitative estimate of drug-likeness (QED) is 0.285. The maximum absolute atomic E-state index is 13.3. The van der Waals surface area contributed by atoms with Crippen molar-refractivity contribution < 1.29 is 19.4 Å². The third kappa shape index (κ3) is 4.19. The smallest absolute Gasteiger partial charge is 0.300 e. The Bertz CT molecular complexity index is 1270. The van der Waals surface area contributed by atoms with Crippen molar-refractivity contribution in [2.45, 2.75) is 19.9 Å². The minimum Gasteiger partial charge on any atom is -0.507 e. The molecule has 0 spiro atoms. The lowest BCUT2D eigenvalue weighted by atomic mass is 9.97. The predicted octanol–water partition coefficient (Wildman–Crippen LogP) is 5.72. The Morgan fingerprint density at radius 1 is 1.12 bits per heavy atom. The van der Waals surface area contributed by atoms with Crippen molar-refractivity contribution in [2.24, 2.45) is 0 Å². The van der Waals surface area contributed by atoms with Gasteiger partial charge in [-0.1, -0.05) is 35.3 Å². The number of amides is 1. The molecule has 1 N–H and O–H groups in total. The van der Waals surface area contributed by atoms with Gasteiger partial charge in [0.15, 0.2) is 0 Å². The number of hydrogen-bond acceptors (Lipinski definition) is 5. The molecule has 1 saturated heterocycles. The van der Waals surface area contributed by atoms with E-state index in [1.807, 2.05) is 13.8 Å². The molecule has 33 heavy (non-hydrogen) atoms. The van der Waals surface area contributed by atoms with Crippen LogP contribution in [0.15, 0.2) is 66.4 Å². The number of nitrogens with zero attached hydrogens (tertiary/aromatic N) is 2. The van der Waals surface area contributed by atoms with Crippen LogP contribution in [0.4, 0.5) is 5.69 Å². The largest absolute Gasteiger partial charge is 0.507 e. The molecule has 1 aliphatic heterocycles. The van der Waals surface area contributed by atoms with Crippen molar-refractivity contribution in [3.63, 3.8) is 0 Å². The zero-order valence-electron chi connectivity index (χ0n) is 17.9. The number of halogens is 2. The molecular weight excluding hydrogens is 463 g/mol. The lowest BCUT2D eigenvalue weighted by Crippen LogP contribution is -2.30. The first-order valence-corrected chi connectivity index (χ1v) is 11.0. The number of Topliss-reactive ketones (excluding diaryl/α,β-unsaturated/α-hetero) is 1. The summed E-state index contributed by atoms with van der Waals surface area (Å²) in [5.74, 6) is -1.58. The number of aliphatic hydroxyl groups is 1. The van der Waals surface area contributed by atoms with E-state index in [1.54, 1.807) is 54.7 Å². The van der Waals surface area contributed by atoms with Crippen LogP contribution in [0.25, 0.3) is 5.76 Å². The Morgan fingerprint density at radius 2 is 1.91 bits per heavy atom. The number of pyridine rings is 1. The van der Waals surface area contributed by atoms with Crippen molar-refractivity contribution in [3.05, 3.63) is 93.2 Å². The van der Waals surface area contributed by atoms with Crippen molar-refractivity contribution in [2.75, 3.05) is 11.5 Å². The van der Waals surface area contributed by atoms with E-state index in [0.29, 0.717) is 28.8 Å². The number of rotatable bonds is 5. The fraction of sp³-hybridized carbons (Fsp3) is 0.160. The predicted molar refractivity (Wildman–Crippen MR) is 128 cm³/mol. The number of aliphatic hydroxyl groups excluding tert-OH is 1. The lowest BCUT2D eigenvalue weighted by molar-refractivity contribution is -0.132. The third-order valence-corrected chi connectivity index (χ3v) is 5.91. The molecule has 1 amide bonds. The molecule has 0 radical (unpaired) electrons. The summed E-state index contributed by atoms with van der Waals surface area (Å²) in [6.45, 7) is 4.05. The van der Waals surface area contributed by atoms with Crippen LogP contribution >= 0.6 is 23.2 Å². The fourth-order valence-electron chi connectivity index (χ4n) is 3.83. The molecule has 0 saturated carbocycles. The number of carbonyl (C=O) groups is 2. The Morgan fingerprint density at radius 3 is 2.61 bits per heavy atom. The van der Waals surface area contributed by atoms with Gasteiger partial charge in [-0.2, -0.15) is 0 Å². The molecule has 2 heterocycles. The van der Waals surface area contributed by atoms with Gasteiger partial charge in [0, 0.05) is 22.5 Å². The Labute approximate surface area is 201 Å². The number of ketones is 1. The van der Waals surface area contributed by atoms with Crippen LogP contribution in [0, 0.1) is 6.92 Å². The third-order valence-electron chi connectivity index (χ3n) is 5.35. The summed E-state index contributed by atoms with van der Waals surface area (Å²) in [4.78, 5) is 32.2. The van der Waals surface area contributed by atoms with E-state index in [2.05, 4.69) is 4.98 Å². The monoisotopic (exact) mass is 482 g/mol. The van der Waals surface area contributed by atoms with E-state index < -0.39 is 23.5 Å². The number of anilines is 1. The second-order valence-electron chi connectivity index (χ2n) is 7.43. The van der Waals surface area contributed by atoms with Gasteiger partial charge in [0.05, 0.1) is 22.9 Å². The first-order valence-electron chi connectivity index (χ1n) is 10.2. The number of benzene rings is 2. The van der Waals surface area contributed by atoms with Crippen LogP contribution in [0.1, 0.15) is 29.8 Å². The molecule has 2 aromatic carbocycles. The van der Waals surface area contributed by atoms with E-state index >= 15 is 0 Å². The van der Waals surface area contributed by atoms with Crippen LogP contribution in [0.5, 0.6) is 5.75 Å². The van der Waals surface area contributed by atoms with E-state index in [1.165, 1.54) is 11.0 Å². The molecule has 168 valence electrons. The van der Waals surface area contributed by atoms with E-state index in [-0.39, 0.29) is 16.2 Å². The van der Waals surface area contributed by atoms with Gasteiger partial charge in [-0.05, 0) is 61.9 Å². The van der Waals surface area contributed by atoms with Gasteiger partial charge in [0.2, 0.25) is 0 Å². The van der Waals surface area contributed by atoms with Gasteiger partial charge in [-0.25, -0.2) is 0 Å². The Hall–Kier alpha value is -3.35. The number of aromatic nitrogens is 1. The molecule has 6 nitrogen and oxygen atoms in total. The highest BCUT2D eigenvalue weighted by atomic mass is 35.5.